The minimum absolute atomic E-state index is 0.0866. The first-order valence-electron chi connectivity index (χ1n) is 22.1. The average molecular weight is 804 g/mol. The lowest BCUT2D eigenvalue weighted by Gasteiger charge is -2.20. The van der Waals surface area contributed by atoms with E-state index in [1.54, 1.807) is 0 Å². The third kappa shape index (κ3) is 42.8. The molecule has 0 radical (unpaired) electrons. The first-order valence-corrected chi connectivity index (χ1v) is 23.6. The van der Waals surface area contributed by atoms with Crippen molar-refractivity contribution in [1.29, 1.82) is 0 Å². The largest absolute Gasteiger partial charge is 0.472 e. The van der Waals surface area contributed by atoms with Crippen LogP contribution < -0.4 is 5.73 Å². The summed E-state index contributed by atoms with van der Waals surface area (Å²) in [7, 11) is -4.30. The Morgan fingerprint density at radius 2 is 1.00 bits per heavy atom. The van der Waals surface area contributed by atoms with Crippen LogP contribution in [0.3, 0.4) is 0 Å². The molecule has 2 unspecified atom stereocenters. The number of unbranched alkanes of at least 4 members (excludes halogenated alkanes) is 14. The number of esters is 1. The molecule has 3 N–H and O–H groups in total. The van der Waals surface area contributed by atoms with Gasteiger partial charge in [0.25, 0.3) is 0 Å². The molecule has 0 saturated carbocycles. The van der Waals surface area contributed by atoms with Crippen molar-refractivity contribution in [3.63, 3.8) is 0 Å². The number of carbonyl (C=O) groups excluding carboxylic acids is 1. The van der Waals surface area contributed by atoms with Gasteiger partial charge in [-0.25, -0.2) is 4.57 Å². The first-order chi connectivity index (χ1) is 27.4. The van der Waals surface area contributed by atoms with Crippen molar-refractivity contribution in [2.24, 2.45) is 5.73 Å². The van der Waals surface area contributed by atoms with Gasteiger partial charge < -0.3 is 20.1 Å². The highest BCUT2D eigenvalue weighted by atomic mass is 31.2. The molecule has 8 nitrogen and oxygen atoms in total. The molecule has 2 atom stereocenters. The van der Waals surface area contributed by atoms with Crippen LogP contribution >= 0.6 is 7.82 Å². The summed E-state index contributed by atoms with van der Waals surface area (Å²) in [6.07, 6.45) is 56.1. The third-order valence-electron chi connectivity index (χ3n) is 8.80. The van der Waals surface area contributed by atoms with Gasteiger partial charge in [0.1, 0.15) is 6.10 Å². The quantitative estimate of drug-likeness (QED) is 0.0272. The number of phosphoric acid groups is 1. The van der Waals surface area contributed by atoms with E-state index in [9.17, 15) is 14.3 Å². The van der Waals surface area contributed by atoms with Gasteiger partial charge in [0.2, 0.25) is 0 Å². The van der Waals surface area contributed by atoms with Gasteiger partial charge in [-0.1, -0.05) is 163 Å². The van der Waals surface area contributed by atoms with Gasteiger partial charge in [-0.3, -0.25) is 13.8 Å². The number of carbonyl (C=O) groups is 1. The molecular weight excluding hydrogens is 721 g/mol. The predicted molar refractivity (Wildman–Crippen MR) is 238 cm³/mol. The second-order valence-corrected chi connectivity index (χ2v) is 15.6. The fourth-order valence-electron chi connectivity index (χ4n) is 5.59. The zero-order valence-electron chi connectivity index (χ0n) is 35.6. The number of hydrogen-bond donors (Lipinski definition) is 2. The van der Waals surface area contributed by atoms with Gasteiger partial charge >= 0.3 is 13.8 Å². The SMILES string of the molecule is CC/C=C\C/C=C\C/C=C\C/C=C\C/C=C\CCCC(=O)OC(COCCCCCCCCCCCC/C=C\C/C=C\CCCCC)COP(=O)(O)OCCN. The van der Waals surface area contributed by atoms with Crippen LogP contribution in [0.15, 0.2) is 85.1 Å². The molecule has 0 aromatic carbocycles. The van der Waals surface area contributed by atoms with Crippen molar-refractivity contribution in [2.45, 2.75) is 174 Å². The Balaban J connectivity index is 4.12. The molecule has 0 bridgehead atoms. The topological polar surface area (TPSA) is 117 Å². The fourth-order valence-corrected chi connectivity index (χ4v) is 6.36. The molecule has 0 fully saturated rings. The Hall–Kier alpha value is -2.32. The summed E-state index contributed by atoms with van der Waals surface area (Å²) < 4.78 is 33.4. The van der Waals surface area contributed by atoms with E-state index in [4.69, 9.17) is 24.3 Å². The van der Waals surface area contributed by atoms with Crippen molar-refractivity contribution in [2.75, 3.05) is 33.0 Å². The van der Waals surface area contributed by atoms with Gasteiger partial charge in [-0.2, -0.15) is 0 Å². The van der Waals surface area contributed by atoms with E-state index in [-0.39, 0.29) is 32.8 Å². The van der Waals surface area contributed by atoms with Crippen LogP contribution in [0.4, 0.5) is 0 Å². The van der Waals surface area contributed by atoms with E-state index in [1.807, 2.05) is 0 Å². The molecule has 0 aliphatic heterocycles. The zero-order valence-corrected chi connectivity index (χ0v) is 36.5. The van der Waals surface area contributed by atoms with E-state index >= 15 is 0 Å². The lowest BCUT2D eigenvalue weighted by molar-refractivity contribution is -0.154. The van der Waals surface area contributed by atoms with E-state index in [2.05, 4.69) is 98.9 Å². The fraction of sp³-hybridized carbons (Fsp3) is 0.681. The Morgan fingerprint density at radius 1 is 0.554 bits per heavy atom. The van der Waals surface area contributed by atoms with Crippen LogP contribution in [0.1, 0.15) is 168 Å². The summed E-state index contributed by atoms with van der Waals surface area (Å²) in [6, 6.07) is 0. The minimum Gasteiger partial charge on any atom is -0.457 e. The van der Waals surface area contributed by atoms with Crippen LogP contribution in [0.5, 0.6) is 0 Å². The highest BCUT2D eigenvalue weighted by Gasteiger charge is 2.25. The van der Waals surface area contributed by atoms with Crippen molar-refractivity contribution >= 4 is 13.8 Å². The summed E-state index contributed by atoms with van der Waals surface area (Å²) in [5.41, 5.74) is 5.37. The molecule has 322 valence electrons. The van der Waals surface area contributed by atoms with Crippen molar-refractivity contribution in [3.05, 3.63) is 85.1 Å². The first kappa shape index (κ1) is 53.7. The normalized spacial score (nSPS) is 14.3. The van der Waals surface area contributed by atoms with E-state index < -0.39 is 19.9 Å². The number of rotatable bonds is 41. The van der Waals surface area contributed by atoms with Crippen molar-refractivity contribution in [1.82, 2.24) is 0 Å². The van der Waals surface area contributed by atoms with Gasteiger partial charge in [-0.05, 0) is 83.5 Å². The summed E-state index contributed by atoms with van der Waals surface area (Å²) in [6.45, 7) is 4.68. The maximum Gasteiger partial charge on any atom is 0.472 e. The van der Waals surface area contributed by atoms with Gasteiger partial charge in [0, 0.05) is 19.6 Å². The van der Waals surface area contributed by atoms with Crippen LogP contribution in [-0.4, -0.2) is 49.9 Å². The standard InChI is InChI=1S/C47H82NO7P/c1-3-5-7-9-11-13-15-17-19-21-22-23-25-27-29-31-33-35-37-39-42-52-44-46(45-54-56(50,51)53-43-41-48)55-47(49)40-38-36-34-32-30-28-26-24-20-18-16-14-12-10-8-6-4-2/h6,8,11-14,17-20,26,28,32,34,46H,3-5,7,9-10,15-16,21-25,27,29-31,33,35-45,48H2,1-2H3,(H,50,51)/b8-6-,13-11-,14-12-,19-17-,20-18-,28-26-,34-32-. The molecule has 0 aliphatic rings. The molecule has 0 aliphatic carbocycles. The molecule has 56 heavy (non-hydrogen) atoms. The van der Waals surface area contributed by atoms with Crippen molar-refractivity contribution < 1.29 is 32.8 Å². The van der Waals surface area contributed by atoms with E-state index in [0.29, 0.717) is 13.0 Å². The summed E-state index contributed by atoms with van der Waals surface area (Å²) in [4.78, 5) is 22.5. The maximum absolute atomic E-state index is 12.6. The van der Waals surface area contributed by atoms with E-state index in [0.717, 1.165) is 57.8 Å². The van der Waals surface area contributed by atoms with Crippen molar-refractivity contribution in [3.8, 4) is 0 Å². The van der Waals surface area contributed by atoms with Crippen LogP contribution in [0.25, 0.3) is 0 Å². The predicted octanol–water partition coefficient (Wildman–Crippen LogP) is 13.3. The third-order valence-corrected chi connectivity index (χ3v) is 9.78. The van der Waals surface area contributed by atoms with Crippen LogP contribution in [-0.2, 0) is 27.9 Å². The summed E-state index contributed by atoms with van der Waals surface area (Å²) in [5.74, 6) is -0.390. The number of phosphoric ester groups is 1. The molecule has 0 aromatic rings. The summed E-state index contributed by atoms with van der Waals surface area (Å²) in [5, 5.41) is 0. The Labute approximate surface area is 343 Å². The number of allylic oxidation sites excluding steroid dienone is 14. The highest BCUT2D eigenvalue weighted by molar-refractivity contribution is 7.47. The molecule has 0 aromatic heterocycles. The van der Waals surface area contributed by atoms with Gasteiger partial charge in [0.15, 0.2) is 0 Å². The molecule has 0 heterocycles. The highest BCUT2D eigenvalue weighted by Crippen LogP contribution is 2.43. The van der Waals surface area contributed by atoms with Crippen LogP contribution in [0.2, 0.25) is 0 Å². The zero-order chi connectivity index (χ0) is 40.9. The molecule has 0 spiro atoms. The van der Waals surface area contributed by atoms with Crippen LogP contribution in [0, 0.1) is 0 Å². The number of hydrogen-bond acceptors (Lipinski definition) is 7. The molecule has 0 saturated heterocycles. The molecule has 0 amide bonds. The van der Waals surface area contributed by atoms with Gasteiger partial charge in [0.05, 0.1) is 19.8 Å². The van der Waals surface area contributed by atoms with E-state index in [1.165, 1.54) is 83.5 Å². The van der Waals surface area contributed by atoms with Gasteiger partial charge in [-0.15, -0.1) is 0 Å². The number of ether oxygens (including phenoxy) is 2. The monoisotopic (exact) mass is 804 g/mol. The molecular formula is C47H82NO7P. The molecule has 0 rings (SSSR count). The second-order valence-electron chi connectivity index (χ2n) is 14.2. The smallest absolute Gasteiger partial charge is 0.457 e. The molecule has 9 heteroatoms. The average Bonchev–Trinajstić information content (AvgIpc) is 3.19. The Morgan fingerprint density at radius 3 is 1.50 bits per heavy atom. The second kappa shape index (κ2) is 43.8. The Kier molecular flexibility index (Phi) is 42.0. The lowest BCUT2D eigenvalue weighted by atomic mass is 10.1. The number of nitrogens with two attached hydrogens (primary N) is 1. The maximum atomic E-state index is 12.6. The summed E-state index contributed by atoms with van der Waals surface area (Å²) >= 11 is 0. The minimum atomic E-state index is -4.30. The Bertz CT molecular complexity index is 1130. The lowest BCUT2D eigenvalue weighted by Crippen LogP contribution is -2.28.